The van der Waals surface area contributed by atoms with Crippen LogP contribution >= 0.6 is 0 Å². The van der Waals surface area contributed by atoms with E-state index in [2.05, 4.69) is 0 Å². The number of aliphatic hydroxyl groups excluding tert-OH is 1. The molecule has 0 aromatic carbocycles. The van der Waals surface area contributed by atoms with Crippen LogP contribution < -0.4 is 0 Å². The molecule has 2 N–H and O–H groups in total. The summed E-state index contributed by atoms with van der Waals surface area (Å²) in [5.41, 5.74) is -0.631. The molecule has 1 aliphatic carbocycles. The van der Waals surface area contributed by atoms with Crippen LogP contribution in [0.4, 0.5) is 0 Å². The zero-order valence-electron chi connectivity index (χ0n) is 8.83. The first-order valence-corrected chi connectivity index (χ1v) is 5.52. The summed E-state index contributed by atoms with van der Waals surface area (Å²) in [4.78, 5) is 11.2. The minimum atomic E-state index is -0.718. The summed E-state index contributed by atoms with van der Waals surface area (Å²) in [6.45, 7) is 1.89. The van der Waals surface area contributed by atoms with Crippen molar-refractivity contribution in [3.05, 3.63) is 0 Å². The van der Waals surface area contributed by atoms with Crippen LogP contribution in [0, 0.1) is 5.41 Å². The SMILES string of the molecule is CCC(O)CC1(C(=O)O)CCCCC1. The van der Waals surface area contributed by atoms with Gasteiger partial charge in [-0.05, 0) is 25.7 Å². The van der Waals surface area contributed by atoms with Crippen molar-refractivity contribution in [2.45, 2.75) is 58.0 Å². The van der Waals surface area contributed by atoms with Gasteiger partial charge in [-0.3, -0.25) is 4.79 Å². The van der Waals surface area contributed by atoms with Crippen LogP contribution in [-0.4, -0.2) is 22.3 Å². The average Bonchev–Trinajstić information content (AvgIpc) is 2.19. The van der Waals surface area contributed by atoms with Gasteiger partial charge in [0.25, 0.3) is 0 Å². The standard InChI is InChI=1S/C11H20O3/c1-2-9(12)8-11(10(13)14)6-4-3-5-7-11/h9,12H,2-8H2,1H3,(H,13,14). The monoisotopic (exact) mass is 200 g/mol. The van der Waals surface area contributed by atoms with Gasteiger partial charge in [0.1, 0.15) is 0 Å². The maximum absolute atomic E-state index is 11.2. The number of carboxylic acid groups (broad SMARTS) is 1. The van der Waals surface area contributed by atoms with Crippen molar-refractivity contribution in [1.29, 1.82) is 0 Å². The van der Waals surface area contributed by atoms with Crippen LogP contribution in [0.1, 0.15) is 51.9 Å². The number of carboxylic acids is 1. The molecule has 3 heteroatoms. The van der Waals surface area contributed by atoms with Gasteiger partial charge in [0.2, 0.25) is 0 Å². The first-order valence-electron chi connectivity index (χ1n) is 5.52. The first kappa shape index (κ1) is 11.5. The van der Waals surface area contributed by atoms with E-state index in [4.69, 9.17) is 0 Å². The second kappa shape index (κ2) is 4.78. The van der Waals surface area contributed by atoms with Crippen LogP contribution in [0.25, 0.3) is 0 Å². The molecule has 0 aromatic rings. The van der Waals surface area contributed by atoms with Crippen molar-refractivity contribution in [3.63, 3.8) is 0 Å². The third kappa shape index (κ3) is 2.47. The topological polar surface area (TPSA) is 57.5 Å². The molecule has 82 valence electrons. The van der Waals surface area contributed by atoms with Crippen molar-refractivity contribution in [2.75, 3.05) is 0 Å². The molecular weight excluding hydrogens is 180 g/mol. The minimum absolute atomic E-state index is 0.429. The molecule has 0 heterocycles. The van der Waals surface area contributed by atoms with E-state index in [9.17, 15) is 15.0 Å². The molecule has 0 spiro atoms. The second-order valence-electron chi connectivity index (χ2n) is 4.41. The lowest BCUT2D eigenvalue weighted by Crippen LogP contribution is -2.36. The molecule has 1 atom stereocenters. The van der Waals surface area contributed by atoms with E-state index in [1.807, 2.05) is 6.92 Å². The number of aliphatic hydroxyl groups is 1. The van der Waals surface area contributed by atoms with Crippen molar-refractivity contribution in [3.8, 4) is 0 Å². The Hall–Kier alpha value is -0.570. The predicted molar refractivity (Wildman–Crippen MR) is 54.1 cm³/mol. The highest BCUT2D eigenvalue weighted by Gasteiger charge is 2.40. The molecular formula is C11H20O3. The highest BCUT2D eigenvalue weighted by atomic mass is 16.4. The fourth-order valence-corrected chi connectivity index (χ4v) is 2.33. The molecule has 1 rings (SSSR count). The Kier molecular flexibility index (Phi) is 3.93. The Balaban J connectivity index is 2.65. The average molecular weight is 200 g/mol. The summed E-state index contributed by atoms with van der Waals surface area (Å²) in [5, 5.41) is 18.8. The van der Waals surface area contributed by atoms with Crippen LogP contribution in [0.2, 0.25) is 0 Å². The predicted octanol–water partition coefficient (Wildman–Crippen LogP) is 2.18. The normalized spacial score (nSPS) is 23.0. The third-order valence-electron chi connectivity index (χ3n) is 3.36. The van der Waals surface area contributed by atoms with E-state index >= 15 is 0 Å². The molecule has 0 amide bonds. The van der Waals surface area contributed by atoms with Crippen molar-refractivity contribution in [2.24, 2.45) is 5.41 Å². The lowest BCUT2D eigenvalue weighted by Gasteiger charge is -2.34. The summed E-state index contributed by atoms with van der Waals surface area (Å²) in [5.74, 6) is -0.718. The molecule has 0 saturated heterocycles. The van der Waals surface area contributed by atoms with Gasteiger partial charge in [-0.15, -0.1) is 0 Å². The molecule has 1 saturated carbocycles. The number of aliphatic carboxylic acids is 1. The highest BCUT2D eigenvalue weighted by molar-refractivity contribution is 5.74. The lowest BCUT2D eigenvalue weighted by atomic mass is 9.70. The van der Waals surface area contributed by atoms with Crippen LogP contribution in [0.15, 0.2) is 0 Å². The quantitative estimate of drug-likeness (QED) is 0.731. The Morgan fingerprint density at radius 3 is 2.36 bits per heavy atom. The van der Waals surface area contributed by atoms with Crippen molar-refractivity contribution >= 4 is 5.97 Å². The summed E-state index contributed by atoms with van der Waals surface area (Å²) in [6.07, 6.45) is 5.21. The van der Waals surface area contributed by atoms with Gasteiger partial charge in [0, 0.05) is 0 Å². The maximum Gasteiger partial charge on any atom is 0.309 e. The Morgan fingerprint density at radius 1 is 1.36 bits per heavy atom. The third-order valence-corrected chi connectivity index (χ3v) is 3.36. The number of hydrogen-bond acceptors (Lipinski definition) is 2. The molecule has 1 unspecified atom stereocenters. The zero-order chi connectivity index (χ0) is 10.6. The number of carbonyl (C=O) groups is 1. The van der Waals surface area contributed by atoms with E-state index in [1.54, 1.807) is 0 Å². The van der Waals surface area contributed by atoms with Gasteiger partial charge < -0.3 is 10.2 Å². The van der Waals surface area contributed by atoms with Gasteiger partial charge in [0.05, 0.1) is 11.5 Å². The molecule has 0 aliphatic heterocycles. The summed E-state index contributed by atoms with van der Waals surface area (Å²) in [7, 11) is 0. The molecule has 0 radical (unpaired) electrons. The fraction of sp³-hybridized carbons (Fsp3) is 0.909. The summed E-state index contributed by atoms with van der Waals surface area (Å²) in [6, 6.07) is 0. The smallest absolute Gasteiger partial charge is 0.309 e. The second-order valence-corrected chi connectivity index (χ2v) is 4.41. The van der Waals surface area contributed by atoms with Crippen molar-refractivity contribution in [1.82, 2.24) is 0 Å². The molecule has 0 aromatic heterocycles. The maximum atomic E-state index is 11.2. The molecule has 14 heavy (non-hydrogen) atoms. The minimum Gasteiger partial charge on any atom is -0.481 e. The molecule has 3 nitrogen and oxygen atoms in total. The number of rotatable bonds is 4. The molecule has 1 fully saturated rings. The largest absolute Gasteiger partial charge is 0.481 e. The van der Waals surface area contributed by atoms with Crippen LogP contribution in [0.3, 0.4) is 0 Å². The van der Waals surface area contributed by atoms with Gasteiger partial charge in [-0.1, -0.05) is 26.2 Å². The van der Waals surface area contributed by atoms with Crippen molar-refractivity contribution < 1.29 is 15.0 Å². The van der Waals surface area contributed by atoms with E-state index < -0.39 is 17.5 Å². The Labute approximate surface area is 85.1 Å². The Bertz CT molecular complexity index is 195. The van der Waals surface area contributed by atoms with Crippen LogP contribution in [-0.2, 0) is 4.79 Å². The molecule has 1 aliphatic rings. The summed E-state index contributed by atoms with van der Waals surface area (Å²) < 4.78 is 0. The van der Waals surface area contributed by atoms with E-state index in [0.717, 1.165) is 32.1 Å². The number of hydrogen-bond donors (Lipinski definition) is 2. The van der Waals surface area contributed by atoms with Gasteiger partial charge in [-0.2, -0.15) is 0 Å². The van der Waals surface area contributed by atoms with Crippen LogP contribution in [0.5, 0.6) is 0 Å². The van der Waals surface area contributed by atoms with Gasteiger partial charge in [0.15, 0.2) is 0 Å². The lowest BCUT2D eigenvalue weighted by molar-refractivity contribution is -0.153. The van der Waals surface area contributed by atoms with E-state index in [-0.39, 0.29) is 0 Å². The Morgan fingerprint density at radius 2 is 1.93 bits per heavy atom. The first-order chi connectivity index (χ1) is 6.60. The molecule has 0 bridgehead atoms. The van der Waals surface area contributed by atoms with Gasteiger partial charge >= 0.3 is 5.97 Å². The van der Waals surface area contributed by atoms with E-state index in [0.29, 0.717) is 12.8 Å². The fourth-order valence-electron chi connectivity index (χ4n) is 2.33. The summed E-state index contributed by atoms with van der Waals surface area (Å²) >= 11 is 0. The van der Waals surface area contributed by atoms with E-state index in [1.165, 1.54) is 0 Å². The highest BCUT2D eigenvalue weighted by Crippen LogP contribution is 2.40. The zero-order valence-corrected chi connectivity index (χ0v) is 8.83. The van der Waals surface area contributed by atoms with Gasteiger partial charge in [-0.25, -0.2) is 0 Å².